The maximum Gasteiger partial charge on any atom is 0.410 e. The molecule has 0 aliphatic carbocycles. The van der Waals surface area contributed by atoms with E-state index in [1.165, 1.54) is 24.1 Å². The van der Waals surface area contributed by atoms with Crippen molar-refractivity contribution in [2.75, 3.05) is 26.7 Å². The molecule has 2 aromatic carbocycles. The van der Waals surface area contributed by atoms with Crippen LogP contribution in [0.1, 0.15) is 93.5 Å². The SMILES string of the molecule is C[C@@H](C(=O)N[C@H](C(=O)N1C[C@@H](NC(=O)c2ccccc2)C[C@H]1CN(CCc1ccc(F)cc1)C(=O)c1cn2c(n1)CCC2)C(C)(C)C)N(C)C(=O)OC(C)(C)C. The Balaban J connectivity index is 1.43. The Morgan fingerprint density at radius 3 is 2.30 bits per heavy atom. The molecular formula is C42H56FN7O6. The number of imidazole rings is 1. The maximum atomic E-state index is 14.8. The zero-order valence-corrected chi connectivity index (χ0v) is 33.8. The number of benzene rings is 2. The first-order valence-corrected chi connectivity index (χ1v) is 19.3. The molecule has 1 aromatic heterocycles. The zero-order valence-electron chi connectivity index (χ0n) is 33.8. The molecule has 3 heterocycles. The van der Waals surface area contributed by atoms with Crippen molar-refractivity contribution in [3.05, 3.63) is 89.3 Å². The molecule has 0 saturated carbocycles. The van der Waals surface area contributed by atoms with Crippen molar-refractivity contribution in [2.24, 2.45) is 5.41 Å². The van der Waals surface area contributed by atoms with E-state index in [9.17, 15) is 28.4 Å². The quantitative estimate of drug-likeness (QED) is 0.268. The lowest BCUT2D eigenvalue weighted by Gasteiger charge is -2.38. The van der Waals surface area contributed by atoms with Gasteiger partial charge >= 0.3 is 6.09 Å². The topological polar surface area (TPSA) is 146 Å². The normalized spacial score (nSPS) is 17.8. The monoisotopic (exact) mass is 773 g/mol. The van der Waals surface area contributed by atoms with Crippen LogP contribution in [-0.2, 0) is 33.7 Å². The molecule has 1 fully saturated rings. The second kappa shape index (κ2) is 17.3. The van der Waals surface area contributed by atoms with Gasteiger partial charge in [0.1, 0.15) is 35.0 Å². The van der Waals surface area contributed by atoms with Crippen molar-refractivity contribution < 1.29 is 33.1 Å². The van der Waals surface area contributed by atoms with Gasteiger partial charge in [0, 0.05) is 57.4 Å². The first-order chi connectivity index (χ1) is 26.3. The molecule has 0 unspecified atom stereocenters. The van der Waals surface area contributed by atoms with E-state index in [4.69, 9.17) is 4.74 Å². The molecule has 5 amide bonds. The summed E-state index contributed by atoms with van der Waals surface area (Å²) in [6.07, 6.45) is 3.61. The highest BCUT2D eigenvalue weighted by atomic mass is 19.1. The van der Waals surface area contributed by atoms with Gasteiger partial charge < -0.3 is 29.7 Å². The largest absolute Gasteiger partial charge is 0.444 e. The molecule has 0 spiro atoms. The number of rotatable bonds is 12. The number of carbonyl (C=O) groups is 5. The minimum atomic E-state index is -1.03. The van der Waals surface area contributed by atoms with Crippen LogP contribution in [-0.4, -0.2) is 110 Å². The van der Waals surface area contributed by atoms with Crippen molar-refractivity contribution in [1.82, 2.24) is 34.9 Å². The van der Waals surface area contributed by atoms with E-state index in [-0.39, 0.29) is 43.2 Å². The van der Waals surface area contributed by atoms with Crippen molar-refractivity contribution in [1.29, 1.82) is 0 Å². The van der Waals surface area contributed by atoms with Crippen molar-refractivity contribution in [3.8, 4) is 0 Å². The number of aromatic nitrogens is 2. The molecule has 13 nitrogen and oxygen atoms in total. The highest BCUT2D eigenvalue weighted by Gasteiger charge is 2.44. The van der Waals surface area contributed by atoms with Gasteiger partial charge in [0.25, 0.3) is 11.8 Å². The minimum Gasteiger partial charge on any atom is -0.444 e. The number of halogens is 1. The minimum absolute atomic E-state index is 0.119. The maximum absolute atomic E-state index is 14.8. The number of amides is 5. The number of fused-ring (bicyclic) bond motifs is 1. The summed E-state index contributed by atoms with van der Waals surface area (Å²) >= 11 is 0. The molecule has 14 heteroatoms. The number of ether oxygens (including phenoxy) is 1. The summed E-state index contributed by atoms with van der Waals surface area (Å²) in [6.45, 7) is 13.6. The van der Waals surface area contributed by atoms with Gasteiger partial charge in [-0.25, -0.2) is 14.2 Å². The summed E-state index contributed by atoms with van der Waals surface area (Å²) in [5.74, 6) is -1.02. The summed E-state index contributed by atoms with van der Waals surface area (Å²) in [7, 11) is 1.47. The molecule has 2 aliphatic heterocycles. The van der Waals surface area contributed by atoms with Gasteiger partial charge in [-0.05, 0) is 82.2 Å². The fraction of sp³-hybridized carbons (Fsp3) is 0.524. The average molecular weight is 774 g/mol. The van der Waals surface area contributed by atoms with E-state index < -0.39 is 47.2 Å². The first-order valence-electron chi connectivity index (χ1n) is 19.3. The molecule has 3 aromatic rings. The van der Waals surface area contributed by atoms with E-state index in [2.05, 4.69) is 15.6 Å². The Bertz CT molecular complexity index is 1860. The highest BCUT2D eigenvalue weighted by Crippen LogP contribution is 2.28. The Kier molecular flexibility index (Phi) is 12.9. The third kappa shape index (κ3) is 10.5. The Morgan fingerprint density at radius 1 is 1.00 bits per heavy atom. The van der Waals surface area contributed by atoms with Gasteiger partial charge in [0.2, 0.25) is 11.8 Å². The van der Waals surface area contributed by atoms with Crippen LogP contribution in [0.3, 0.4) is 0 Å². The van der Waals surface area contributed by atoms with Crippen molar-refractivity contribution >= 4 is 29.7 Å². The summed E-state index contributed by atoms with van der Waals surface area (Å²) in [5.41, 5.74) is 0.0774. The van der Waals surface area contributed by atoms with Gasteiger partial charge in [-0.3, -0.25) is 24.1 Å². The fourth-order valence-corrected chi connectivity index (χ4v) is 7.03. The lowest BCUT2D eigenvalue weighted by atomic mass is 9.85. The van der Waals surface area contributed by atoms with Crippen LogP contribution < -0.4 is 10.6 Å². The van der Waals surface area contributed by atoms with Gasteiger partial charge in [-0.1, -0.05) is 51.1 Å². The Hall–Kier alpha value is -5.27. The lowest BCUT2D eigenvalue weighted by Crippen LogP contribution is -2.60. The molecule has 1 saturated heterocycles. The molecule has 0 bridgehead atoms. The first kappa shape index (κ1) is 41.9. The van der Waals surface area contributed by atoms with Crippen LogP contribution in [0.5, 0.6) is 0 Å². The molecule has 302 valence electrons. The van der Waals surface area contributed by atoms with Gasteiger partial charge in [-0.15, -0.1) is 0 Å². The number of nitrogens with zero attached hydrogens (tertiary/aromatic N) is 5. The van der Waals surface area contributed by atoms with Crippen LogP contribution in [0.4, 0.5) is 9.18 Å². The number of hydrogen-bond donors (Lipinski definition) is 2. The van der Waals surface area contributed by atoms with E-state index >= 15 is 0 Å². The third-order valence-corrected chi connectivity index (χ3v) is 10.3. The number of aryl methyl sites for hydroxylation is 2. The van der Waals surface area contributed by atoms with Crippen LogP contribution >= 0.6 is 0 Å². The van der Waals surface area contributed by atoms with Crippen LogP contribution in [0.25, 0.3) is 0 Å². The van der Waals surface area contributed by atoms with E-state index in [0.29, 0.717) is 24.1 Å². The molecule has 56 heavy (non-hydrogen) atoms. The Labute approximate surface area is 328 Å². The second-order valence-electron chi connectivity index (χ2n) is 17.0. The standard InChI is InChI=1S/C42H56FN7O6/c1-27(47(8)40(55)56-42(5,6)7)36(51)46-35(41(2,3)4)39(54)50-24-31(44-37(52)29-13-10-9-11-14-29)23-32(50)25-49(22-20-28-16-18-30(43)19-17-28)38(53)33-26-48-21-12-15-34(48)45-33/h9-11,13-14,16-19,26-27,31-32,35H,12,15,20-25H2,1-8H3,(H,44,52)(H,46,51)/t27-,31-,32-,35+/m0/s1. The third-order valence-electron chi connectivity index (χ3n) is 10.3. The van der Waals surface area contributed by atoms with E-state index in [0.717, 1.165) is 30.8 Å². The second-order valence-corrected chi connectivity index (χ2v) is 17.0. The fourth-order valence-electron chi connectivity index (χ4n) is 7.03. The smallest absolute Gasteiger partial charge is 0.410 e. The van der Waals surface area contributed by atoms with Gasteiger partial charge in [0.15, 0.2) is 0 Å². The summed E-state index contributed by atoms with van der Waals surface area (Å²) < 4.78 is 21.2. The number of nitrogens with one attached hydrogen (secondary N) is 2. The highest BCUT2D eigenvalue weighted by molar-refractivity contribution is 5.95. The molecule has 2 aliphatic rings. The van der Waals surface area contributed by atoms with Crippen molar-refractivity contribution in [2.45, 2.75) is 110 Å². The van der Waals surface area contributed by atoms with Crippen molar-refractivity contribution in [3.63, 3.8) is 0 Å². The van der Waals surface area contributed by atoms with E-state index in [1.54, 1.807) is 80.1 Å². The number of hydrogen-bond acceptors (Lipinski definition) is 7. The zero-order chi connectivity index (χ0) is 40.9. The predicted octanol–water partition coefficient (Wildman–Crippen LogP) is 4.84. The van der Waals surface area contributed by atoms with Crippen LogP contribution in [0, 0.1) is 11.2 Å². The number of carbonyl (C=O) groups excluding carboxylic acids is 5. The average Bonchev–Trinajstić information content (AvgIpc) is 3.87. The molecule has 5 rings (SSSR count). The van der Waals surface area contributed by atoms with Crippen LogP contribution in [0.2, 0.25) is 0 Å². The van der Waals surface area contributed by atoms with Crippen LogP contribution in [0.15, 0.2) is 60.8 Å². The number of likely N-dealkylation sites (N-methyl/N-ethyl adjacent to an activating group) is 1. The van der Waals surface area contributed by atoms with Gasteiger partial charge in [-0.2, -0.15) is 0 Å². The Morgan fingerprint density at radius 2 is 1.68 bits per heavy atom. The van der Waals surface area contributed by atoms with Gasteiger partial charge in [0.05, 0.1) is 6.04 Å². The molecule has 2 N–H and O–H groups in total. The number of likely N-dealkylation sites (tertiary alicyclic amines) is 1. The molecular weight excluding hydrogens is 718 g/mol. The van der Waals surface area contributed by atoms with E-state index in [1.807, 2.05) is 31.4 Å². The molecule has 0 radical (unpaired) electrons. The summed E-state index contributed by atoms with van der Waals surface area (Å²) in [5, 5.41) is 6.00. The lowest BCUT2D eigenvalue weighted by molar-refractivity contribution is -0.141. The predicted molar refractivity (Wildman–Crippen MR) is 209 cm³/mol. The summed E-state index contributed by atoms with van der Waals surface area (Å²) in [4.78, 5) is 78.2. The summed E-state index contributed by atoms with van der Waals surface area (Å²) in [6, 6.07) is 11.9. The molecule has 4 atom stereocenters.